The van der Waals surface area contributed by atoms with Crippen LogP contribution in [0.1, 0.15) is 41.2 Å². The Bertz CT molecular complexity index is 1100. The van der Waals surface area contributed by atoms with Gasteiger partial charge >= 0.3 is 0 Å². The minimum Gasteiger partial charge on any atom is -0.493 e. The van der Waals surface area contributed by atoms with Gasteiger partial charge in [-0.05, 0) is 44.0 Å². The number of aromatic nitrogens is 2. The van der Waals surface area contributed by atoms with Gasteiger partial charge in [0.15, 0.2) is 11.5 Å². The molecule has 0 radical (unpaired) electrons. The van der Waals surface area contributed by atoms with Crippen LogP contribution in [0.5, 0.6) is 11.5 Å². The van der Waals surface area contributed by atoms with Gasteiger partial charge in [0.05, 0.1) is 25.6 Å². The summed E-state index contributed by atoms with van der Waals surface area (Å²) < 4.78 is 10.6. The Kier molecular flexibility index (Phi) is 6.22. The molecule has 154 valence electrons. The van der Waals surface area contributed by atoms with Gasteiger partial charge in [-0.25, -0.2) is 4.98 Å². The number of amides is 1. The van der Waals surface area contributed by atoms with Crippen molar-refractivity contribution in [1.29, 1.82) is 0 Å². The summed E-state index contributed by atoms with van der Waals surface area (Å²) in [5, 5.41) is 3.61. The lowest BCUT2D eigenvalue weighted by molar-refractivity contribution is -0.121. The first-order valence-corrected chi connectivity index (χ1v) is 10.2. The van der Waals surface area contributed by atoms with E-state index in [1.807, 2.05) is 39.0 Å². The third-order valence-electron chi connectivity index (χ3n) is 4.96. The molecular weight excluding hydrogens is 390 g/mol. The average molecular weight is 416 g/mol. The zero-order valence-corrected chi connectivity index (χ0v) is 18.0. The molecule has 1 amide bonds. The van der Waals surface area contributed by atoms with E-state index >= 15 is 0 Å². The van der Waals surface area contributed by atoms with E-state index in [0.717, 1.165) is 20.8 Å². The maximum atomic E-state index is 12.4. The zero-order valence-electron chi connectivity index (χ0n) is 17.2. The lowest BCUT2D eigenvalue weighted by atomic mass is 10.1. The molecule has 0 aliphatic carbocycles. The largest absolute Gasteiger partial charge is 0.493 e. The molecule has 0 aliphatic rings. The summed E-state index contributed by atoms with van der Waals surface area (Å²) in [5.74, 6) is 1.66. The number of aryl methyl sites for hydroxylation is 3. The highest BCUT2D eigenvalue weighted by atomic mass is 32.1. The maximum Gasteiger partial charge on any atom is 0.259 e. The molecular formula is C21H25N3O4S. The molecule has 1 aromatic carbocycles. The van der Waals surface area contributed by atoms with Crippen LogP contribution in [0.15, 0.2) is 23.0 Å². The van der Waals surface area contributed by atoms with Crippen molar-refractivity contribution in [3.05, 3.63) is 50.4 Å². The third-order valence-corrected chi connectivity index (χ3v) is 6.06. The van der Waals surface area contributed by atoms with Crippen molar-refractivity contribution in [2.75, 3.05) is 14.2 Å². The van der Waals surface area contributed by atoms with E-state index in [2.05, 4.69) is 15.3 Å². The molecule has 1 atom stereocenters. The second-order valence-corrected chi connectivity index (χ2v) is 8.08. The van der Waals surface area contributed by atoms with Crippen molar-refractivity contribution in [1.82, 2.24) is 15.3 Å². The fraction of sp³-hybridized carbons (Fsp3) is 0.381. The highest BCUT2D eigenvalue weighted by molar-refractivity contribution is 7.18. The zero-order chi connectivity index (χ0) is 21.1. The molecule has 2 heterocycles. The Hall–Kier alpha value is -2.87. The highest BCUT2D eigenvalue weighted by Crippen LogP contribution is 2.30. The number of H-pyrrole nitrogens is 1. The summed E-state index contributed by atoms with van der Waals surface area (Å²) in [6.07, 6.45) is 0.598. The third kappa shape index (κ3) is 4.42. The number of carbonyl (C=O) groups is 1. The topological polar surface area (TPSA) is 93.3 Å². The van der Waals surface area contributed by atoms with Crippen molar-refractivity contribution in [2.45, 2.75) is 39.7 Å². The van der Waals surface area contributed by atoms with Crippen LogP contribution in [0.3, 0.4) is 0 Å². The summed E-state index contributed by atoms with van der Waals surface area (Å²) in [5.41, 5.74) is 1.73. The molecule has 0 saturated heterocycles. The molecule has 3 aromatic rings. The van der Waals surface area contributed by atoms with E-state index in [1.165, 1.54) is 11.3 Å². The van der Waals surface area contributed by atoms with Gasteiger partial charge in [0.2, 0.25) is 5.91 Å². The van der Waals surface area contributed by atoms with E-state index in [9.17, 15) is 9.59 Å². The van der Waals surface area contributed by atoms with Crippen molar-refractivity contribution in [3.8, 4) is 11.5 Å². The molecule has 8 heteroatoms. The minimum atomic E-state index is -0.195. The van der Waals surface area contributed by atoms with Crippen LogP contribution in [-0.2, 0) is 11.2 Å². The van der Waals surface area contributed by atoms with Crippen LogP contribution in [0.25, 0.3) is 10.2 Å². The molecule has 0 fully saturated rings. The first-order chi connectivity index (χ1) is 13.8. The summed E-state index contributed by atoms with van der Waals surface area (Å²) in [7, 11) is 3.16. The van der Waals surface area contributed by atoms with Crippen molar-refractivity contribution >= 4 is 27.5 Å². The maximum absolute atomic E-state index is 12.4. The Morgan fingerprint density at radius 1 is 1.24 bits per heavy atom. The molecule has 7 nitrogen and oxygen atoms in total. The van der Waals surface area contributed by atoms with E-state index in [1.54, 1.807) is 14.2 Å². The van der Waals surface area contributed by atoms with Gasteiger partial charge in [-0.2, -0.15) is 0 Å². The minimum absolute atomic E-state index is 0.117. The molecule has 3 rings (SSSR count). The summed E-state index contributed by atoms with van der Waals surface area (Å²) in [4.78, 5) is 33.9. The van der Waals surface area contributed by atoms with Crippen LogP contribution >= 0.6 is 11.3 Å². The quantitative estimate of drug-likeness (QED) is 0.617. The van der Waals surface area contributed by atoms with Crippen LogP contribution in [0.4, 0.5) is 0 Å². The summed E-state index contributed by atoms with van der Waals surface area (Å²) >= 11 is 1.50. The summed E-state index contributed by atoms with van der Waals surface area (Å²) in [6.45, 7) is 5.81. The number of carbonyl (C=O) groups excluding carboxylic acids is 1. The van der Waals surface area contributed by atoms with Crippen molar-refractivity contribution < 1.29 is 14.3 Å². The average Bonchev–Trinajstić information content (AvgIpc) is 2.99. The number of nitrogens with zero attached hydrogens (tertiary/aromatic N) is 1. The van der Waals surface area contributed by atoms with Crippen LogP contribution in [-0.4, -0.2) is 30.1 Å². The molecule has 0 aliphatic heterocycles. The number of fused-ring (bicyclic) bond motifs is 1. The van der Waals surface area contributed by atoms with Gasteiger partial charge in [-0.1, -0.05) is 6.07 Å². The lowest BCUT2D eigenvalue weighted by Crippen LogP contribution is -2.27. The number of rotatable bonds is 7. The molecule has 0 spiro atoms. The van der Waals surface area contributed by atoms with E-state index in [4.69, 9.17) is 9.47 Å². The Morgan fingerprint density at radius 3 is 2.66 bits per heavy atom. The lowest BCUT2D eigenvalue weighted by Gasteiger charge is -2.16. The van der Waals surface area contributed by atoms with E-state index in [0.29, 0.717) is 29.1 Å². The monoisotopic (exact) mass is 415 g/mol. The van der Waals surface area contributed by atoms with Crippen LogP contribution < -0.4 is 20.3 Å². The predicted octanol–water partition coefficient (Wildman–Crippen LogP) is 3.43. The Labute approximate surface area is 173 Å². The number of ether oxygens (including phenoxy) is 2. The number of aromatic amines is 1. The summed E-state index contributed by atoms with van der Waals surface area (Å²) in [6, 6.07) is 5.35. The number of thiophene rings is 1. The second-order valence-electron chi connectivity index (χ2n) is 6.88. The van der Waals surface area contributed by atoms with Crippen LogP contribution in [0.2, 0.25) is 0 Å². The Morgan fingerprint density at radius 2 is 1.97 bits per heavy atom. The highest BCUT2D eigenvalue weighted by Gasteiger charge is 2.15. The number of methoxy groups -OCH3 is 2. The normalized spacial score (nSPS) is 12.0. The number of nitrogens with one attached hydrogen (secondary N) is 2. The Balaban J connectivity index is 1.65. The smallest absolute Gasteiger partial charge is 0.259 e. The standard InChI is InChI=1S/C21H25N3O4S/c1-11-13(3)29-21-19(11)20(26)23-17(24-21)8-9-18(25)22-12(2)14-6-7-15(27-4)16(10-14)28-5/h6-7,10,12H,8-9H2,1-5H3,(H,22,25)(H,23,24,26). The number of hydrogen-bond acceptors (Lipinski definition) is 6. The second kappa shape index (κ2) is 8.65. The number of hydrogen-bond donors (Lipinski definition) is 2. The predicted molar refractivity (Wildman–Crippen MR) is 114 cm³/mol. The van der Waals surface area contributed by atoms with E-state index < -0.39 is 0 Å². The first-order valence-electron chi connectivity index (χ1n) is 9.34. The van der Waals surface area contributed by atoms with E-state index in [-0.39, 0.29) is 23.9 Å². The molecule has 2 N–H and O–H groups in total. The van der Waals surface area contributed by atoms with Gasteiger partial charge in [-0.3, -0.25) is 9.59 Å². The molecule has 29 heavy (non-hydrogen) atoms. The van der Waals surface area contributed by atoms with Gasteiger partial charge in [0.1, 0.15) is 10.7 Å². The SMILES string of the molecule is COc1ccc(C(C)NC(=O)CCc2nc3sc(C)c(C)c3c(=O)[nH]2)cc1OC. The molecule has 0 bridgehead atoms. The van der Waals surface area contributed by atoms with Gasteiger partial charge in [0.25, 0.3) is 5.56 Å². The van der Waals surface area contributed by atoms with Gasteiger partial charge in [0, 0.05) is 17.7 Å². The molecule has 1 unspecified atom stereocenters. The van der Waals surface area contributed by atoms with Crippen LogP contribution in [0, 0.1) is 13.8 Å². The number of benzene rings is 1. The fourth-order valence-electron chi connectivity index (χ4n) is 3.17. The van der Waals surface area contributed by atoms with Crippen molar-refractivity contribution in [3.63, 3.8) is 0 Å². The fourth-order valence-corrected chi connectivity index (χ4v) is 4.22. The molecule has 0 saturated carbocycles. The first kappa shape index (κ1) is 20.9. The van der Waals surface area contributed by atoms with Gasteiger partial charge < -0.3 is 19.8 Å². The van der Waals surface area contributed by atoms with Gasteiger partial charge in [-0.15, -0.1) is 11.3 Å². The molecule has 2 aromatic heterocycles. The van der Waals surface area contributed by atoms with Crippen molar-refractivity contribution in [2.24, 2.45) is 0 Å².